The van der Waals surface area contributed by atoms with Crippen molar-refractivity contribution < 1.29 is 4.48 Å². The first-order valence-electron chi connectivity index (χ1n) is 5.20. The number of likely N-dealkylation sites (tertiary alicyclic amines) is 1. The molecule has 0 radical (unpaired) electrons. The van der Waals surface area contributed by atoms with Gasteiger partial charge in [0.2, 0.25) is 0 Å². The fourth-order valence-corrected chi connectivity index (χ4v) is 2.48. The van der Waals surface area contributed by atoms with Crippen molar-refractivity contribution >= 4 is 0 Å². The molecule has 1 nitrogen and oxygen atoms in total. The quantitative estimate of drug-likeness (QED) is 0.546. The highest BCUT2D eigenvalue weighted by atomic mass is 15.4. The molecule has 0 amide bonds. The molecule has 1 aliphatic heterocycles. The van der Waals surface area contributed by atoms with E-state index in [0.29, 0.717) is 0 Å². The molecule has 0 aromatic rings. The van der Waals surface area contributed by atoms with Crippen molar-refractivity contribution in [2.75, 3.05) is 26.2 Å². The van der Waals surface area contributed by atoms with Crippen molar-refractivity contribution in [2.45, 2.75) is 32.6 Å². The zero-order chi connectivity index (χ0) is 7.73. The molecular weight excluding hydrogens is 134 g/mol. The summed E-state index contributed by atoms with van der Waals surface area (Å²) in [6, 6.07) is 0. The third kappa shape index (κ3) is 1.58. The topological polar surface area (TPSA) is 0 Å². The van der Waals surface area contributed by atoms with Gasteiger partial charge in [-0.3, -0.25) is 0 Å². The first-order valence-corrected chi connectivity index (χ1v) is 5.20. The minimum absolute atomic E-state index is 1.12. The van der Waals surface area contributed by atoms with E-state index in [-0.39, 0.29) is 0 Å². The predicted molar refractivity (Wildman–Crippen MR) is 47.4 cm³/mol. The molecule has 0 atom stereocenters. The van der Waals surface area contributed by atoms with Gasteiger partial charge in [0.15, 0.2) is 0 Å². The summed E-state index contributed by atoms with van der Waals surface area (Å²) in [6.45, 7) is 8.22. The molecule has 2 aliphatic rings. The van der Waals surface area contributed by atoms with E-state index in [4.69, 9.17) is 0 Å². The number of nitrogens with zero attached hydrogens (tertiary/aromatic N) is 1. The Bertz CT molecular complexity index is 132. The molecule has 11 heavy (non-hydrogen) atoms. The van der Waals surface area contributed by atoms with Crippen molar-refractivity contribution in [3.63, 3.8) is 0 Å². The van der Waals surface area contributed by atoms with E-state index in [2.05, 4.69) is 6.92 Å². The summed E-state index contributed by atoms with van der Waals surface area (Å²) in [7, 11) is 0. The van der Waals surface area contributed by atoms with Gasteiger partial charge in [0.25, 0.3) is 0 Å². The summed E-state index contributed by atoms with van der Waals surface area (Å²) in [4.78, 5) is 0. The highest BCUT2D eigenvalue weighted by Crippen LogP contribution is 2.34. The molecule has 0 unspecified atom stereocenters. The average molecular weight is 154 g/mol. The molecule has 0 aromatic heterocycles. The fourth-order valence-electron chi connectivity index (χ4n) is 2.48. The molecule has 0 N–H and O–H groups in total. The van der Waals surface area contributed by atoms with Crippen molar-refractivity contribution in [3.05, 3.63) is 0 Å². The molecule has 1 saturated carbocycles. The van der Waals surface area contributed by atoms with Crippen LogP contribution >= 0.6 is 0 Å². The Balaban J connectivity index is 1.91. The van der Waals surface area contributed by atoms with Gasteiger partial charge in [-0.15, -0.1) is 0 Å². The Hall–Kier alpha value is -0.0400. The van der Waals surface area contributed by atoms with E-state index in [0.717, 1.165) is 5.92 Å². The Labute approximate surface area is 70.0 Å². The Morgan fingerprint density at radius 2 is 1.82 bits per heavy atom. The van der Waals surface area contributed by atoms with Crippen LogP contribution in [-0.2, 0) is 0 Å². The van der Waals surface area contributed by atoms with Gasteiger partial charge >= 0.3 is 0 Å². The molecular formula is C10H20N+. The molecule has 64 valence electrons. The minimum Gasteiger partial charge on any atom is -0.324 e. The lowest BCUT2D eigenvalue weighted by atomic mass is 10.3. The number of quaternary nitrogens is 1. The van der Waals surface area contributed by atoms with Crippen molar-refractivity contribution in [3.8, 4) is 0 Å². The normalized spacial score (nSPS) is 29.2. The van der Waals surface area contributed by atoms with Crippen LogP contribution in [0.4, 0.5) is 0 Å². The number of hydrogen-bond acceptors (Lipinski definition) is 0. The standard InChI is InChI=1S/C10H20N/c1-2-11(7-3-4-8-11)9-10-5-6-10/h10H,2-9H2,1H3/q+1. The lowest BCUT2D eigenvalue weighted by Crippen LogP contribution is -2.46. The summed E-state index contributed by atoms with van der Waals surface area (Å²) in [5.74, 6) is 1.12. The second kappa shape index (κ2) is 2.78. The summed E-state index contributed by atoms with van der Waals surface area (Å²) in [5, 5.41) is 0. The summed E-state index contributed by atoms with van der Waals surface area (Å²) in [6.07, 6.45) is 6.03. The predicted octanol–water partition coefficient (Wildman–Crippen LogP) is 2.03. The van der Waals surface area contributed by atoms with E-state index in [1.54, 1.807) is 0 Å². The largest absolute Gasteiger partial charge is 0.324 e. The van der Waals surface area contributed by atoms with Crippen LogP contribution in [0.2, 0.25) is 0 Å². The van der Waals surface area contributed by atoms with Crippen LogP contribution in [0.3, 0.4) is 0 Å². The van der Waals surface area contributed by atoms with Gasteiger partial charge in [-0.25, -0.2) is 0 Å². The Morgan fingerprint density at radius 3 is 2.27 bits per heavy atom. The third-order valence-corrected chi connectivity index (χ3v) is 3.53. The summed E-state index contributed by atoms with van der Waals surface area (Å²) >= 11 is 0. The van der Waals surface area contributed by atoms with Gasteiger partial charge in [0.1, 0.15) is 0 Å². The highest BCUT2D eigenvalue weighted by Gasteiger charge is 2.36. The van der Waals surface area contributed by atoms with Crippen LogP contribution in [0.25, 0.3) is 0 Å². The summed E-state index contributed by atoms with van der Waals surface area (Å²) in [5.41, 5.74) is 0. The van der Waals surface area contributed by atoms with Gasteiger partial charge < -0.3 is 4.48 Å². The molecule has 1 aliphatic carbocycles. The van der Waals surface area contributed by atoms with Crippen LogP contribution in [0.15, 0.2) is 0 Å². The maximum absolute atomic E-state index is 2.37. The number of hydrogen-bond donors (Lipinski definition) is 0. The summed E-state index contributed by atoms with van der Waals surface area (Å²) < 4.78 is 1.46. The lowest BCUT2D eigenvalue weighted by Gasteiger charge is -2.33. The molecule has 0 bridgehead atoms. The highest BCUT2D eigenvalue weighted by molar-refractivity contribution is 4.73. The smallest absolute Gasteiger partial charge is 0.0815 e. The molecule has 2 fully saturated rings. The van der Waals surface area contributed by atoms with E-state index in [9.17, 15) is 0 Å². The molecule has 0 spiro atoms. The molecule has 0 aromatic carbocycles. The zero-order valence-electron chi connectivity index (χ0n) is 7.68. The van der Waals surface area contributed by atoms with Crippen LogP contribution in [0.5, 0.6) is 0 Å². The maximum atomic E-state index is 2.37. The SMILES string of the molecule is CC[N+]1(CC2CC2)CCCC1. The third-order valence-electron chi connectivity index (χ3n) is 3.53. The van der Waals surface area contributed by atoms with E-state index >= 15 is 0 Å². The van der Waals surface area contributed by atoms with Crippen molar-refractivity contribution in [2.24, 2.45) is 5.92 Å². The van der Waals surface area contributed by atoms with Crippen molar-refractivity contribution in [1.82, 2.24) is 0 Å². The van der Waals surface area contributed by atoms with E-state index in [1.807, 2.05) is 0 Å². The maximum Gasteiger partial charge on any atom is 0.0815 e. The van der Waals surface area contributed by atoms with Gasteiger partial charge in [0, 0.05) is 18.8 Å². The fraction of sp³-hybridized carbons (Fsp3) is 1.00. The second-order valence-electron chi connectivity index (χ2n) is 4.44. The van der Waals surface area contributed by atoms with Crippen LogP contribution in [0.1, 0.15) is 32.6 Å². The minimum atomic E-state index is 1.12. The Morgan fingerprint density at radius 1 is 1.18 bits per heavy atom. The van der Waals surface area contributed by atoms with Crippen molar-refractivity contribution in [1.29, 1.82) is 0 Å². The van der Waals surface area contributed by atoms with Gasteiger partial charge in [-0.05, 0) is 19.8 Å². The molecule has 2 rings (SSSR count). The van der Waals surface area contributed by atoms with E-state index in [1.165, 1.54) is 56.3 Å². The van der Waals surface area contributed by atoms with Crippen LogP contribution in [0, 0.1) is 5.92 Å². The Kier molecular flexibility index (Phi) is 1.92. The zero-order valence-corrected chi connectivity index (χ0v) is 7.68. The van der Waals surface area contributed by atoms with Gasteiger partial charge in [-0.1, -0.05) is 0 Å². The average Bonchev–Trinajstić information content (AvgIpc) is 2.68. The second-order valence-corrected chi connectivity index (χ2v) is 4.44. The molecule has 1 heteroatoms. The van der Waals surface area contributed by atoms with Gasteiger partial charge in [0.05, 0.1) is 26.2 Å². The number of rotatable bonds is 3. The first kappa shape index (κ1) is 7.60. The van der Waals surface area contributed by atoms with Gasteiger partial charge in [-0.2, -0.15) is 0 Å². The molecule has 1 saturated heterocycles. The van der Waals surface area contributed by atoms with Crippen LogP contribution < -0.4 is 0 Å². The monoisotopic (exact) mass is 154 g/mol. The van der Waals surface area contributed by atoms with E-state index < -0.39 is 0 Å². The van der Waals surface area contributed by atoms with Crippen LogP contribution in [-0.4, -0.2) is 30.7 Å². The molecule has 1 heterocycles. The first-order chi connectivity index (χ1) is 5.35. The lowest BCUT2D eigenvalue weighted by molar-refractivity contribution is -0.916.